The Morgan fingerprint density at radius 3 is 2.48 bits per heavy atom. The maximum atomic E-state index is 12.3. The standard InChI is InChI=1S/C24H30N4O/c29-24(26-21-10-4-5-11-21)23-13-12-22(19-25-23)28-17-15-27(16-18-28)14-6-9-20-7-2-1-3-8-20/h1-3,6-9,12-13,19,21H,4-5,10-11,14-18H2,(H,26,29)/b9-6+. The van der Waals surface area contributed by atoms with Gasteiger partial charge in [0.25, 0.3) is 5.91 Å². The van der Waals surface area contributed by atoms with Gasteiger partial charge in [-0.1, -0.05) is 55.3 Å². The molecule has 152 valence electrons. The molecule has 1 amide bonds. The lowest BCUT2D eigenvalue weighted by Gasteiger charge is -2.35. The lowest BCUT2D eigenvalue weighted by molar-refractivity contribution is 0.0933. The second-order valence-electron chi connectivity index (χ2n) is 7.96. The van der Waals surface area contributed by atoms with Crippen molar-refractivity contribution in [2.75, 3.05) is 37.6 Å². The van der Waals surface area contributed by atoms with Crippen molar-refractivity contribution in [1.29, 1.82) is 0 Å². The van der Waals surface area contributed by atoms with Crippen LogP contribution in [-0.4, -0.2) is 54.6 Å². The molecule has 4 rings (SSSR count). The molecule has 0 spiro atoms. The van der Waals surface area contributed by atoms with Gasteiger partial charge < -0.3 is 10.2 Å². The summed E-state index contributed by atoms with van der Waals surface area (Å²) < 4.78 is 0. The summed E-state index contributed by atoms with van der Waals surface area (Å²) in [5.74, 6) is -0.0431. The van der Waals surface area contributed by atoms with Crippen molar-refractivity contribution in [1.82, 2.24) is 15.2 Å². The van der Waals surface area contributed by atoms with Crippen LogP contribution in [0.25, 0.3) is 6.08 Å². The van der Waals surface area contributed by atoms with E-state index in [1.807, 2.05) is 24.4 Å². The molecule has 1 aromatic heterocycles. The number of hydrogen-bond acceptors (Lipinski definition) is 4. The van der Waals surface area contributed by atoms with Crippen LogP contribution in [0.4, 0.5) is 5.69 Å². The largest absolute Gasteiger partial charge is 0.368 e. The molecule has 1 aliphatic heterocycles. The van der Waals surface area contributed by atoms with E-state index in [1.165, 1.54) is 18.4 Å². The van der Waals surface area contributed by atoms with E-state index in [1.54, 1.807) is 0 Å². The number of rotatable bonds is 6. The Labute approximate surface area is 173 Å². The minimum atomic E-state index is -0.0431. The highest BCUT2D eigenvalue weighted by molar-refractivity contribution is 5.92. The number of carbonyl (C=O) groups is 1. The van der Waals surface area contributed by atoms with Crippen molar-refractivity contribution < 1.29 is 4.79 Å². The molecule has 1 saturated carbocycles. The predicted molar refractivity (Wildman–Crippen MR) is 118 cm³/mol. The Bertz CT molecular complexity index is 805. The number of nitrogens with zero attached hydrogens (tertiary/aromatic N) is 3. The van der Waals surface area contributed by atoms with E-state index in [0.29, 0.717) is 11.7 Å². The van der Waals surface area contributed by atoms with Crippen LogP contribution in [0.5, 0.6) is 0 Å². The van der Waals surface area contributed by atoms with E-state index >= 15 is 0 Å². The van der Waals surface area contributed by atoms with E-state index in [0.717, 1.165) is 51.3 Å². The number of hydrogen-bond donors (Lipinski definition) is 1. The summed E-state index contributed by atoms with van der Waals surface area (Å²) in [6.07, 6.45) is 10.9. The molecule has 2 aromatic rings. The Kier molecular flexibility index (Phi) is 6.57. The van der Waals surface area contributed by atoms with Crippen molar-refractivity contribution in [2.45, 2.75) is 31.7 Å². The average Bonchev–Trinajstić information content (AvgIpc) is 3.28. The molecule has 0 radical (unpaired) electrons. The zero-order chi connectivity index (χ0) is 19.9. The Balaban J connectivity index is 1.24. The quantitative estimate of drug-likeness (QED) is 0.819. The van der Waals surface area contributed by atoms with Gasteiger partial charge >= 0.3 is 0 Å². The molecule has 5 heteroatoms. The van der Waals surface area contributed by atoms with E-state index in [2.05, 4.69) is 56.5 Å². The number of anilines is 1. The Morgan fingerprint density at radius 1 is 1.03 bits per heavy atom. The molecule has 2 aliphatic rings. The first kappa shape index (κ1) is 19.6. The highest BCUT2D eigenvalue weighted by Crippen LogP contribution is 2.19. The monoisotopic (exact) mass is 390 g/mol. The summed E-state index contributed by atoms with van der Waals surface area (Å²) in [4.78, 5) is 21.6. The number of nitrogens with one attached hydrogen (secondary N) is 1. The van der Waals surface area contributed by atoms with Crippen LogP contribution in [-0.2, 0) is 0 Å². The lowest BCUT2D eigenvalue weighted by Crippen LogP contribution is -2.46. The van der Waals surface area contributed by atoms with Gasteiger partial charge in [0.15, 0.2) is 0 Å². The maximum Gasteiger partial charge on any atom is 0.270 e. The Hall–Kier alpha value is -2.66. The lowest BCUT2D eigenvalue weighted by atomic mass is 10.2. The van der Waals surface area contributed by atoms with Crippen molar-refractivity contribution >= 4 is 17.7 Å². The van der Waals surface area contributed by atoms with Crippen LogP contribution in [0.2, 0.25) is 0 Å². The van der Waals surface area contributed by atoms with Gasteiger partial charge in [0, 0.05) is 38.8 Å². The normalized spacial score (nSPS) is 18.4. The van der Waals surface area contributed by atoms with E-state index in [4.69, 9.17) is 0 Å². The number of pyridine rings is 1. The van der Waals surface area contributed by atoms with Gasteiger partial charge in [-0.3, -0.25) is 9.69 Å². The summed E-state index contributed by atoms with van der Waals surface area (Å²) >= 11 is 0. The minimum Gasteiger partial charge on any atom is -0.368 e. The molecular weight excluding hydrogens is 360 g/mol. The smallest absolute Gasteiger partial charge is 0.270 e. The average molecular weight is 391 g/mol. The van der Waals surface area contributed by atoms with E-state index in [-0.39, 0.29) is 5.91 Å². The third-order valence-electron chi connectivity index (χ3n) is 5.88. The van der Waals surface area contributed by atoms with Crippen LogP contribution < -0.4 is 10.2 Å². The molecule has 2 heterocycles. The second kappa shape index (κ2) is 9.70. The number of amides is 1. The number of carbonyl (C=O) groups excluding carboxylic acids is 1. The van der Waals surface area contributed by atoms with E-state index < -0.39 is 0 Å². The van der Waals surface area contributed by atoms with Gasteiger partial charge in [-0.25, -0.2) is 4.98 Å². The summed E-state index contributed by atoms with van der Waals surface area (Å²) in [7, 11) is 0. The molecule has 0 atom stereocenters. The van der Waals surface area contributed by atoms with Crippen LogP contribution in [0.3, 0.4) is 0 Å². The van der Waals surface area contributed by atoms with Gasteiger partial charge in [-0.05, 0) is 30.5 Å². The fraction of sp³-hybridized carbons (Fsp3) is 0.417. The number of benzene rings is 1. The van der Waals surface area contributed by atoms with Crippen molar-refractivity contribution in [3.8, 4) is 0 Å². The first-order chi connectivity index (χ1) is 14.3. The number of piperazine rings is 1. The SMILES string of the molecule is O=C(NC1CCCC1)c1ccc(N2CCN(C/C=C/c3ccccc3)CC2)cn1. The molecule has 1 aromatic carbocycles. The molecule has 2 fully saturated rings. The summed E-state index contributed by atoms with van der Waals surface area (Å²) in [6, 6.07) is 14.6. The van der Waals surface area contributed by atoms with Crippen LogP contribution in [0.1, 0.15) is 41.7 Å². The first-order valence-corrected chi connectivity index (χ1v) is 10.7. The fourth-order valence-electron chi connectivity index (χ4n) is 4.13. The fourth-order valence-corrected chi connectivity index (χ4v) is 4.13. The molecule has 5 nitrogen and oxygen atoms in total. The maximum absolute atomic E-state index is 12.3. The molecule has 1 saturated heterocycles. The number of aromatic nitrogens is 1. The van der Waals surface area contributed by atoms with Gasteiger partial charge in [0.05, 0.1) is 11.9 Å². The minimum absolute atomic E-state index is 0.0431. The van der Waals surface area contributed by atoms with Gasteiger partial charge in [0.1, 0.15) is 5.69 Å². The van der Waals surface area contributed by atoms with Crippen molar-refractivity contribution in [3.05, 3.63) is 66.0 Å². The highest BCUT2D eigenvalue weighted by atomic mass is 16.1. The van der Waals surface area contributed by atoms with Crippen LogP contribution in [0.15, 0.2) is 54.7 Å². The molecule has 1 N–H and O–H groups in total. The summed E-state index contributed by atoms with van der Waals surface area (Å²) in [5, 5.41) is 3.10. The third-order valence-corrected chi connectivity index (χ3v) is 5.88. The second-order valence-corrected chi connectivity index (χ2v) is 7.96. The van der Waals surface area contributed by atoms with Gasteiger partial charge in [-0.2, -0.15) is 0 Å². The first-order valence-electron chi connectivity index (χ1n) is 10.7. The van der Waals surface area contributed by atoms with Crippen molar-refractivity contribution in [3.63, 3.8) is 0 Å². The molecule has 1 aliphatic carbocycles. The zero-order valence-corrected chi connectivity index (χ0v) is 17.0. The topological polar surface area (TPSA) is 48.5 Å². The Morgan fingerprint density at radius 2 is 1.79 bits per heavy atom. The molecular formula is C24H30N4O. The molecule has 29 heavy (non-hydrogen) atoms. The summed E-state index contributed by atoms with van der Waals surface area (Å²) in [5.41, 5.74) is 2.86. The predicted octanol–water partition coefficient (Wildman–Crippen LogP) is 3.59. The van der Waals surface area contributed by atoms with Crippen LogP contribution >= 0.6 is 0 Å². The van der Waals surface area contributed by atoms with Gasteiger partial charge in [0.2, 0.25) is 0 Å². The van der Waals surface area contributed by atoms with Crippen molar-refractivity contribution in [2.24, 2.45) is 0 Å². The van der Waals surface area contributed by atoms with Gasteiger partial charge in [-0.15, -0.1) is 0 Å². The third kappa shape index (κ3) is 5.45. The molecule has 0 unspecified atom stereocenters. The van der Waals surface area contributed by atoms with E-state index in [9.17, 15) is 4.79 Å². The highest BCUT2D eigenvalue weighted by Gasteiger charge is 2.20. The molecule has 0 bridgehead atoms. The van der Waals surface area contributed by atoms with Crippen LogP contribution in [0, 0.1) is 0 Å². The zero-order valence-electron chi connectivity index (χ0n) is 17.0. The summed E-state index contributed by atoms with van der Waals surface area (Å²) in [6.45, 7) is 5.00.